The molecule has 18 heavy (non-hydrogen) atoms. The van der Waals surface area contributed by atoms with E-state index >= 15 is 0 Å². The maximum Gasteiger partial charge on any atom is 0.336 e. The summed E-state index contributed by atoms with van der Waals surface area (Å²) in [5, 5.41) is 17.8. The summed E-state index contributed by atoms with van der Waals surface area (Å²) in [7, 11) is 0. The van der Waals surface area contributed by atoms with E-state index in [9.17, 15) is 9.59 Å². The molecule has 0 aliphatic heterocycles. The summed E-state index contributed by atoms with van der Waals surface area (Å²) >= 11 is 0. The van der Waals surface area contributed by atoms with Crippen molar-refractivity contribution in [1.82, 2.24) is 0 Å². The lowest BCUT2D eigenvalue weighted by Gasteiger charge is -2.03. The number of nitriles is 1. The first-order chi connectivity index (χ1) is 8.65. The van der Waals surface area contributed by atoms with Gasteiger partial charge in [-0.05, 0) is 30.3 Å². The third-order valence-corrected chi connectivity index (χ3v) is 2.39. The molecule has 0 aliphatic rings. The highest BCUT2D eigenvalue weighted by Crippen LogP contribution is 2.26. The van der Waals surface area contributed by atoms with Gasteiger partial charge >= 0.3 is 5.97 Å². The van der Waals surface area contributed by atoms with Crippen molar-refractivity contribution in [2.75, 3.05) is 0 Å². The third-order valence-electron chi connectivity index (χ3n) is 2.39. The minimum Gasteiger partial charge on any atom is -0.478 e. The molecule has 0 radical (unpaired) electrons. The number of rotatable bonds is 3. The van der Waals surface area contributed by atoms with Crippen LogP contribution in [0.25, 0.3) is 11.3 Å². The van der Waals surface area contributed by atoms with Crippen molar-refractivity contribution < 1.29 is 19.1 Å². The van der Waals surface area contributed by atoms with Crippen LogP contribution in [0.3, 0.4) is 0 Å². The van der Waals surface area contributed by atoms with Gasteiger partial charge in [0.05, 0.1) is 17.2 Å². The number of benzene rings is 1. The molecule has 0 saturated heterocycles. The van der Waals surface area contributed by atoms with E-state index in [4.69, 9.17) is 14.8 Å². The Hall–Kier alpha value is -2.87. The summed E-state index contributed by atoms with van der Waals surface area (Å²) < 4.78 is 5.17. The van der Waals surface area contributed by atoms with Crippen molar-refractivity contribution in [2.24, 2.45) is 0 Å². The van der Waals surface area contributed by atoms with E-state index < -0.39 is 5.97 Å². The Bertz CT molecular complexity index is 664. The van der Waals surface area contributed by atoms with E-state index in [-0.39, 0.29) is 22.6 Å². The quantitative estimate of drug-likeness (QED) is 0.832. The predicted molar refractivity (Wildman–Crippen MR) is 61.2 cm³/mol. The Morgan fingerprint density at radius 1 is 1.33 bits per heavy atom. The molecule has 0 spiro atoms. The number of furan rings is 1. The van der Waals surface area contributed by atoms with Crippen LogP contribution in [0.15, 0.2) is 34.7 Å². The van der Waals surface area contributed by atoms with Crippen molar-refractivity contribution >= 4 is 12.3 Å². The average Bonchev–Trinajstić information content (AvgIpc) is 2.86. The number of nitrogens with zero attached hydrogens (tertiary/aromatic N) is 1. The number of carbonyl (C=O) groups is 2. The molecule has 2 aromatic rings. The molecule has 88 valence electrons. The van der Waals surface area contributed by atoms with E-state index in [2.05, 4.69) is 0 Å². The van der Waals surface area contributed by atoms with Gasteiger partial charge in [0.15, 0.2) is 12.0 Å². The molecular weight excluding hydrogens is 234 g/mol. The molecule has 0 atom stereocenters. The van der Waals surface area contributed by atoms with Gasteiger partial charge in [0.2, 0.25) is 0 Å². The second-order valence-electron chi connectivity index (χ2n) is 3.50. The number of hydrogen-bond acceptors (Lipinski definition) is 4. The van der Waals surface area contributed by atoms with E-state index in [1.807, 2.05) is 6.07 Å². The highest BCUT2D eigenvalue weighted by atomic mass is 16.4. The smallest absolute Gasteiger partial charge is 0.336 e. The van der Waals surface area contributed by atoms with Gasteiger partial charge in [0.25, 0.3) is 0 Å². The van der Waals surface area contributed by atoms with Crippen LogP contribution >= 0.6 is 0 Å². The molecule has 1 aromatic carbocycles. The zero-order valence-corrected chi connectivity index (χ0v) is 9.08. The van der Waals surface area contributed by atoms with Crippen LogP contribution in [0.5, 0.6) is 0 Å². The number of aldehydes is 1. The summed E-state index contributed by atoms with van der Waals surface area (Å²) in [6.07, 6.45) is 0.535. The average molecular weight is 241 g/mol. The molecular formula is C13H7NO4. The first-order valence-corrected chi connectivity index (χ1v) is 4.98. The van der Waals surface area contributed by atoms with Crippen LogP contribution in [0.2, 0.25) is 0 Å². The largest absolute Gasteiger partial charge is 0.478 e. The second-order valence-corrected chi connectivity index (χ2v) is 3.50. The first-order valence-electron chi connectivity index (χ1n) is 4.98. The first kappa shape index (κ1) is 11.6. The second kappa shape index (κ2) is 4.55. The molecule has 5 nitrogen and oxygen atoms in total. The van der Waals surface area contributed by atoms with E-state index in [1.165, 1.54) is 30.3 Å². The van der Waals surface area contributed by atoms with Crippen LogP contribution in [0.1, 0.15) is 26.5 Å². The van der Waals surface area contributed by atoms with Gasteiger partial charge in [-0.15, -0.1) is 0 Å². The molecule has 0 bridgehead atoms. The molecule has 2 rings (SSSR count). The number of carboxylic acids is 1. The maximum atomic E-state index is 11.1. The Labute approximate surface area is 102 Å². The lowest BCUT2D eigenvalue weighted by molar-refractivity contribution is 0.0697. The molecule has 0 aliphatic carbocycles. The minimum absolute atomic E-state index is 0.0409. The van der Waals surface area contributed by atoms with E-state index in [1.54, 1.807) is 0 Å². The van der Waals surface area contributed by atoms with Crippen LogP contribution in [0.4, 0.5) is 0 Å². The lowest BCUT2D eigenvalue weighted by atomic mass is 10.0. The van der Waals surface area contributed by atoms with Crippen LogP contribution in [0, 0.1) is 11.3 Å². The predicted octanol–water partition coefficient (Wildman–Crippen LogP) is 2.33. The van der Waals surface area contributed by atoms with Gasteiger partial charge in [0.1, 0.15) is 5.76 Å². The van der Waals surface area contributed by atoms with Crippen molar-refractivity contribution in [3.05, 3.63) is 47.2 Å². The van der Waals surface area contributed by atoms with E-state index in [0.717, 1.165) is 0 Å². The minimum atomic E-state index is -1.16. The highest BCUT2D eigenvalue weighted by Gasteiger charge is 2.15. The van der Waals surface area contributed by atoms with Crippen LogP contribution in [-0.2, 0) is 0 Å². The third kappa shape index (κ3) is 1.99. The normalized spacial score (nSPS) is 9.72. The molecule has 0 unspecified atom stereocenters. The summed E-state index contributed by atoms with van der Waals surface area (Å²) in [5.74, 6) is -0.768. The molecule has 0 saturated carbocycles. The fourth-order valence-corrected chi connectivity index (χ4v) is 1.57. The fourth-order valence-electron chi connectivity index (χ4n) is 1.57. The highest BCUT2D eigenvalue weighted by molar-refractivity contribution is 5.95. The molecule has 1 N–H and O–H groups in total. The fraction of sp³-hybridized carbons (Fsp3) is 0. The molecule has 0 amide bonds. The number of aromatic carboxylic acids is 1. The Morgan fingerprint density at radius 2 is 2.11 bits per heavy atom. The van der Waals surface area contributed by atoms with Crippen molar-refractivity contribution in [2.45, 2.75) is 0 Å². The van der Waals surface area contributed by atoms with Crippen molar-refractivity contribution in [1.29, 1.82) is 5.26 Å². The number of hydrogen-bond donors (Lipinski definition) is 1. The Kier molecular flexibility index (Phi) is 2.94. The summed E-state index contributed by atoms with van der Waals surface area (Å²) in [6.45, 7) is 0. The van der Waals surface area contributed by atoms with Crippen molar-refractivity contribution in [3.8, 4) is 17.4 Å². The van der Waals surface area contributed by atoms with Gasteiger partial charge in [0, 0.05) is 5.56 Å². The molecule has 5 heteroatoms. The van der Waals surface area contributed by atoms with Gasteiger partial charge in [-0.2, -0.15) is 5.26 Å². The van der Waals surface area contributed by atoms with E-state index in [0.29, 0.717) is 11.8 Å². The standard InChI is InChI=1S/C13H7NO4/c14-6-8-1-3-10(11(5-8)13(16)17)12-4-2-9(7-15)18-12/h1-5,7H,(H,16,17). The van der Waals surface area contributed by atoms with Gasteiger partial charge in [-0.25, -0.2) is 4.79 Å². The Balaban J connectivity index is 2.60. The maximum absolute atomic E-state index is 11.1. The summed E-state index contributed by atoms with van der Waals surface area (Å²) in [6, 6.07) is 9.07. The zero-order chi connectivity index (χ0) is 13.1. The lowest BCUT2D eigenvalue weighted by Crippen LogP contribution is -1.99. The summed E-state index contributed by atoms with van der Waals surface area (Å²) in [4.78, 5) is 21.6. The Morgan fingerprint density at radius 3 is 2.67 bits per heavy atom. The van der Waals surface area contributed by atoms with Gasteiger partial charge in [-0.1, -0.05) is 0 Å². The monoisotopic (exact) mass is 241 g/mol. The zero-order valence-electron chi connectivity index (χ0n) is 9.08. The number of carboxylic acid groups (broad SMARTS) is 1. The number of carbonyl (C=O) groups excluding carboxylic acids is 1. The topological polar surface area (TPSA) is 91.3 Å². The van der Waals surface area contributed by atoms with Gasteiger partial charge < -0.3 is 9.52 Å². The van der Waals surface area contributed by atoms with Crippen molar-refractivity contribution in [3.63, 3.8) is 0 Å². The van der Waals surface area contributed by atoms with Crippen LogP contribution in [-0.4, -0.2) is 17.4 Å². The molecule has 1 heterocycles. The van der Waals surface area contributed by atoms with Gasteiger partial charge in [-0.3, -0.25) is 4.79 Å². The molecule has 0 fully saturated rings. The van der Waals surface area contributed by atoms with Crippen LogP contribution < -0.4 is 0 Å². The summed E-state index contributed by atoms with van der Waals surface area (Å²) in [5.41, 5.74) is 0.536. The SMILES string of the molecule is N#Cc1ccc(-c2ccc(C=O)o2)c(C(=O)O)c1. The molecule has 1 aromatic heterocycles.